The molecule has 0 aliphatic carbocycles. The van der Waals surface area contributed by atoms with E-state index in [-0.39, 0.29) is 11.6 Å². The molecule has 0 bridgehead atoms. The number of hydrogen-bond acceptors (Lipinski definition) is 4. The van der Waals surface area contributed by atoms with E-state index in [1.54, 1.807) is 20.4 Å². The van der Waals surface area contributed by atoms with Crippen LogP contribution in [0.5, 0.6) is 5.75 Å². The number of halogens is 1. The van der Waals surface area contributed by atoms with Gasteiger partial charge in [0.05, 0.1) is 13.2 Å². The van der Waals surface area contributed by atoms with Crippen LogP contribution >= 0.6 is 15.9 Å². The SMILES string of the molecule is COc1ccc([C@H](C)Nc2nc(Br)cn(C)c2=O)cc1. The third-order valence-corrected chi connectivity index (χ3v) is 3.39. The van der Waals surface area contributed by atoms with Crippen molar-refractivity contribution in [3.8, 4) is 5.75 Å². The largest absolute Gasteiger partial charge is 0.497 e. The van der Waals surface area contributed by atoms with Gasteiger partial charge in [-0.25, -0.2) is 4.98 Å². The quantitative estimate of drug-likeness (QED) is 0.931. The summed E-state index contributed by atoms with van der Waals surface area (Å²) in [6.45, 7) is 1.98. The Morgan fingerprint density at radius 3 is 2.60 bits per heavy atom. The van der Waals surface area contributed by atoms with Crippen LogP contribution in [0.25, 0.3) is 0 Å². The van der Waals surface area contributed by atoms with Crippen LogP contribution in [0.1, 0.15) is 18.5 Å². The first-order valence-electron chi connectivity index (χ1n) is 6.15. The molecular formula is C14H16BrN3O2. The van der Waals surface area contributed by atoms with Gasteiger partial charge in [-0.2, -0.15) is 0 Å². The molecule has 0 unspecified atom stereocenters. The summed E-state index contributed by atoms with van der Waals surface area (Å²) in [7, 11) is 3.32. The minimum absolute atomic E-state index is 0.0320. The molecule has 0 fully saturated rings. The number of anilines is 1. The predicted octanol–water partition coefficient (Wildman–Crippen LogP) is 2.72. The number of ether oxygens (including phenoxy) is 1. The summed E-state index contributed by atoms with van der Waals surface area (Å²) in [6.07, 6.45) is 1.63. The van der Waals surface area contributed by atoms with Gasteiger partial charge in [0.15, 0.2) is 5.82 Å². The monoisotopic (exact) mass is 337 g/mol. The minimum atomic E-state index is -0.159. The third-order valence-electron chi connectivity index (χ3n) is 3.01. The number of aromatic nitrogens is 2. The Kier molecular flexibility index (Phi) is 4.44. The van der Waals surface area contributed by atoms with Gasteiger partial charge in [0.25, 0.3) is 5.56 Å². The van der Waals surface area contributed by atoms with Gasteiger partial charge in [-0.3, -0.25) is 4.79 Å². The van der Waals surface area contributed by atoms with E-state index in [0.29, 0.717) is 10.4 Å². The van der Waals surface area contributed by atoms with Crippen molar-refractivity contribution in [2.75, 3.05) is 12.4 Å². The normalized spacial score (nSPS) is 12.0. The fourth-order valence-electron chi connectivity index (χ4n) is 1.84. The van der Waals surface area contributed by atoms with E-state index in [0.717, 1.165) is 11.3 Å². The van der Waals surface area contributed by atoms with Crippen LogP contribution in [-0.4, -0.2) is 16.7 Å². The molecule has 0 amide bonds. The average Bonchev–Trinajstić information content (AvgIpc) is 2.44. The Bertz CT molecular complexity index is 652. The molecule has 0 aliphatic rings. The molecule has 2 aromatic rings. The molecule has 2 rings (SSSR count). The summed E-state index contributed by atoms with van der Waals surface area (Å²) < 4.78 is 7.23. The van der Waals surface area contributed by atoms with Crippen LogP contribution in [0, 0.1) is 0 Å². The number of nitrogens with zero attached hydrogens (tertiary/aromatic N) is 2. The fraction of sp³-hybridized carbons (Fsp3) is 0.286. The lowest BCUT2D eigenvalue weighted by atomic mass is 10.1. The maximum atomic E-state index is 12.0. The Hall–Kier alpha value is -1.82. The number of benzene rings is 1. The molecule has 1 atom stereocenters. The molecule has 1 heterocycles. The van der Waals surface area contributed by atoms with Crippen molar-refractivity contribution >= 4 is 21.7 Å². The fourth-order valence-corrected chi connectivity index (χ4v) is 2.33. The van der Waals surface area contributed by atoms with Gasteiger partial charge >= 0.3 is 0 Å². The highest BCUT2D eigenvalue weighted by molar-refractivity contribution is 9.10. The van der Waals surface area contributed by atoms with Crippen LogP contribution in [0.15, 0.2) is 39.9 Å². The number of rotatable bonds is 4. The highest BCUT2D eigenvalue weighted by Crippen LogP contribution is 2.20. The van der Waals surface area contributed by atoms with E-state index < -0.39 is 0 Å². The molecule has 0 spiro atoms. The zero-order valence-corrected chi connectivity index (χ0v) is 13.1. The van der Waals surface area contributed by atoms with Crippen molar-refractivity contribution in [1.82, 2.24) is 9.55 Å². The Morgan fingerprint density at radius 2 is 2.00 bits per heavy atom. The van der Waals surface area contributed by atoms with Crippen molar-refractivity contribution in [2.24, 2.45) is 7.05 Å². The van der Waals surface area contributed by atoms with E-state index in [1.165, 1.54) is 4.57 Å². The van der Waals surface area contributed by atoms with Crippen molar-refractivity contribution in [2.45, 2.75) is 13.0 Å². The van der Waals surface area contributed by atoms with Gasteiger partial charge in [-0.05, 0) is 40.5 Å². The average molecular weight is 338 g/mol. The number of methoxy groups -OCH3 is 1. The summed E-state index contributed by atoms with van der Waals surface area (Å²) in [5, 5.41) is 3.13. The molecule has 0 radical (unpaired) electrons. The molecule has 1 aromatic carbocycles. The molecular weight excluding hydrogens is 322 g/mol. The van der Waals surface area contributed by atoms with Crippen molar-refractivity contribution in [3.63, 3.8) is 0 Å². The Labute approximate surface area is 125 Å². The Morgan fingerprint density at radius 1 is 1.35 bits per heavy atom. The van der Waals surface area contributed by atoms with E-state index in [9.17, 15) is 4.79 Å². The van der Waals surface area contributed by atoms with Crippen LogP contribution in [0.3, 0.4) is 0 Å². The standard InChI is InChI=1S/C14H16BrN3O2/c1-9(10-4-6-11(20-3)7-5-10)16-13-14(19)18(2)8-12(15)17-13/h4-9H,1-3H3,(H,16,17)/t9-/m0/s1. The van der Waals surface area contributed by atoms with Crippen molar-refractivity contribution in [3.05, 3.63) is 51.0 Å². The molecule has 20 heavy (non-hydrogen) atoms. The van der Waals surface area contributed by atoms with Crippen LogP contribution in [-0.2, 0) is 7.05 Å². The maximum absolute atomic E-state index is 12.0. The molecule has 0 saturated heterocycles. The summed E-state index contributed by atoms with van der Waals surface area (Å²) >= 11 is 3.28. The second-order valence-electron chi connectivity index (χ2n) is 4.47. The lowest BCUT2D eigenvalue weighted by Crippen LogP contribution is -2.23. The zero-order chi connectivity index (χ0) is 14.7. The topological polar surface area (TPSA) is 56.1 Å². The van der Waals surface area contributed by atoms with Crippen molar-refractivity contribution in [1.29, 1.82) is 0 Å². The summed E-state index contributed by atoms with van der Waals surface area (Å²) in [4.78, 5) is 16.2. The van der Waals surface area contributed by atoms with E-state index >= 15 is 0 Å². The van der Waals surface area contributed by atoms with Gasteiger partial charge in [-0.15, -0.1) is 0 Å². The highest BCUT2D eigenvalue weighted by Gasteiger charge is 2.10. The predicted molar refractivity (Wildman–Crippen MR) is 82.2 cm³/mol. The highest BCUT2D eigenvalue weighted by atomic mass is 79.9. The Balaban J connectivity index is 2.22. The minimum Gasteiger partial charge on any atom is -0.497 e. The smallest absolute Gasteiger partial charge is 0.293 e. The lowest BCUT2D eigenvalue weighted by molar-refractivity contribution is 0.414. The molecule has 1 aromatic heterocycles. The lowest BCUT2D eigenvalue weighted by Gasteiger charge is -2.15. The first-order valence-corrected chi connectivity index (χ1v) is 6.94. The summed E-state index contributed by atoms with van der Waals surface area (Å²) in [5.41, 5.74) is 0.892. The molecule has 0 aliphatic heterocycles. The molecule has 5 nitrogen and oxygen atoms in total. The number of hydrogen-bond donors (Lipinski definition) is 1. The van der Waals surface area contributed by atoms with Gasteiger partial charge in [0.1, 0.15) is 10.4 Å². The van der Waals surface area contributed by atoms with Crippen LogP contribution < -0.4 is 15.6 Å². The second kappa shape index (κ2) is 6.09. The van der Waals surface area contributed by atoms with Crippen LogP contribution in [0.2, 0.25) is 0 Å². The first-order chi connectivity index (χ1) is 9.51. The zero-order valence-electron chi connectivity index (χ0n) is 11.6. The molecule has 6 heteroatoms. The van der Waals surface area contributed by atoms with Gasteiger partial charge in [0, 0.05) is 13.2 Å². The summed E-state index contributed by atoms with van der Waals surface area (Å²) in [5.74, 6) is 1.13. The molecule has 106 valence electrons. The maximum Gasteiger partial charge on any atom is 0.293 e. The van der Waals surface area contributed by atoms with Gasteiger partial charge in [-0.1, -0.05) is 12.1 Å². The van der Waals surface area contributed by atoms with E-state index in [1.807, 2.05) is 31.2 Å². The third kappa shape index (κ3) is 3.19. The van der Waals surface area contributed by atoms with Crippen molar-refractivity contribution < 1.29 is 4.74 Å². The van der Waals surface area contributed by atoms with Gasteiger partial charge in [0.2, 0.25) is 0 Å². The molecule has 1 N–H and O–H groups in total. The van der Waals surface area contributed by atoms with Gasteiger partial charge < -0.3 is 14.6 Å². The van der Waals surface area contributed by atoms with E-state index in [2.05, 4.69) is 26.2 Å². The second-order valence-corrected chi connectivity index (χ2v) is 5.28. The number of nitrogens with one attached hydrogen (secondary N) is 1. The first kappa shape index (κ1) is 14.6. The summed E-state index contributed by atoms with van der Waals surface area (Å²) in [6, 6.07) is 7.66. The molecule has 0 saturated carbocycles. The van der Waals surface area contributed by atoms with E-state index in [4.69, 9.17) is 4.74 Å². The number of aryl methyl sites for hydroxylation is 1. The van der Waals surface area contributed by atoms with Crippen LogP contribution in [0.4, 0.5) is 5.82 Å².